The molecule has 4 heterocycles. The second kappa shape index (κ2) is 6.67. The fourth-order valence-electron chi connectivity index (χ4n) is 3.37. The van der Waals surface area contributed by atoms with Crippen molar-refractivity contribution in [3.05, 3.63) is 59.7 Å². The van der Waals surface area contributed by atoms with Crippen molar-refractivity contribution >= 4 is 11.7 Å². The highest BCUT2D eigenvalue weighted by atomic mass is 16.2. The van der Waals surface area contributed by atoms with Crippen molar-refractivity contribution in [3.63, 3.8) is 0 Å². The number of pyridine rings is 1. The number of piperazine rings is 1. The zero-order valence-electron chi connectivity index (χ0n) is 15.0. The van der Waals surface area contributed by atoms with Crippen LogP contribution in [0.25, 0.3) is 5.82 Å². The van der Waals surface area contributed by atoms with Gasteiger partial charge >= 0.3 is 0 Å². The van der Waals surface area contributed by atoms with E-state index in [1.165, 1.54) is 0 Å². The monoisotopic (exact) mass is 350 g/mol. The lowest BCUT2D eigenvalue weighted by Crippen LogP contribution is -2.49. The van der Waals surface area contributed by atoms with Crippen LogP contribution in [0.3, 0.4) is 0 Å². The Hall–Kier alpha value is -3.09. The van der Waals surface area contributed by atoms with E-state index in [9.17, 15) is 4.79 Å². The van der Waals surface area contributed by atoms with Gasteiger partial charge in [0.25, 0.3) is 5.91 Å². The number of H-pyrrole nitrogens is 1. The number of nitrogens with one attached hydrogen (secondary N) is 1. The van der Waals surface area contributed by atoms with Crippen molar-refractivity contribution in [1.29, 1.82) is 0 Å². The molecule has 1 fully saturated rings. The molecule has 4 rings (SSSR count). The van der Waals surface area contributed by atoms with Gasteiger partial charge in [-0.15, -0.1) is 0 Å². The number of rotatable bonds is 3. The summed E-state index contributed by atoms with van der Waals surface area (Å²) >= 11 is 0. The molecule has 7 nitrogen and oxygen atoms in total. The number of hydrogen-bond acceptors (Lipinski definition) is 4. The molecule has 1 aliphatic heterocycles. The molecule has 0 atom stereocenters. The van der Waals surface area contributed by atoms with Crippen LogP contribution in [0.5, 0.6) is 0 Å². The fourth-order valence-corrected chi connectivity index (χ4v) is 3.37. The Balaban J connectivity index is 1.47. The lowest BCUT2D eigenvalue weighted by atomic mass is 10.1. The third-order valence-corrected chi connectivity index (χ3v) is 4.79. The Morgan fingerprint density at radius 3 is 2.62 bits per heavy atom. The summed E-state index contributed by atoms with van der Waals surface area (Å²) in [7, 11) is 0. The molecule has 26 heavy (non-hydrogen) atoms. The zero-order valence-corrected chi connectivity index (χ0v) is 15.0. The maximum absolute atomic E-state index is 12.8. The summed E-state index contributed by atoms with van der Waals surface area (Å²) in [6.07, 6.45) is 3.73. The molecule has 1 saturated heterocycles. The highest BCUT2D eigenvalue weighted by molar-refractivity contribution is 5.95. The number of carbonyl (C=O) groups is 1. The van der Waals surface area contributed by atoms with E-state index in [-0.39, 0.29) is 5.91 Å². The summed E-state index contributed by atoms with van der Waals surface area (Å²) in [4.78, 5) is 21.2. The molecular formula is C19H22N6O. The quantitative estimate of drug-likeness (QED) is 0.786. The highest BCUT2D eigenvalue weighted by Crippen LogP contribution is 2.22. The smallest absolute Gasteiger partial charge is 0.255 e. The molecule has 0 saturated carbocycles. The van der Waals surface area contributed by atoms with Crippen LogP contribution in [-0.2, 0) is 0 Å². The summed E-state index contributed by atoms with van der Waals surface area (Å²) < 4.78 is 2.08. The van der Waals surface area contributed by atoms with Crippen LogP contribution in [0, 0.1) is 13.8 Å². The van der Waals surface area contributed by atoms with Gasteiger partial charge in [-0.25, -0.2) is 0 Å². The Morgan fingerprint density at radius 2 is 1.92 bits per heavy atom. The number of aromatic amines is 1. The molecule has 0 unspecified atom stereocenters. The second-order valence-electron chi connectivity index (χ2n) is 6.56. The zero-order chi connectivity index (χ0) is 18.1. The van der Waals surface area contributed by atoms with Gasteiger partial charge in [0.1, 0.15) is 5.82 Å². The van der Waals surface area contributed by atoms with Crippen LogP contribution in [0.4, 0.5) is 5.82 Å². The number of hydrogen-bond donors (Lipinski definition) is 1. The third-order valence-electron chi connectivity index (χ3n) is 4.79. The summed E-state index contributed by atoms with van der Waals surface area (Å²) in [5.74, 6) is 2.04. The number of amides is 1. The summed E-state index contributed by atoms with van der Waals surface area (Å²) in [5.41, 5.74) is 2.50. The molecule has 1 aliphatic rings. The van der Waals surface area contributed by atoms with Crippen LogP contribution < -0.4 is 4.90 Å². The Labute approximate surface area is 152 Å². The number of carbonyl (C=O) groups excluding carboxylic acids is 1. The second-order valence-corrected chi connectivity index (χ2v) is 6.56. The van der Waals surface area contributed by atoms with E-state index in [4.69, 9.17) is 0 Å². The minimum absolute atomic E-state index is 0.0635. The molecule has 3 aromatic rings. The van der Waals surface area contributed by atoms with Crippen molar-refractivity contribution in [3.8, 4) is 5.82 Å². The lowest BCUT2D eigenvalue weighted by molar-refractivity contribution is 0.0745. The van der Waals surface area contributed by atoms with Gasteiger partial charge in [-0.1, -0.05) is 0 Å². The van der Waals surface area contributed by atoms with Crippen LogP contribution in [0.2, 0.25) is 0 Å². The maximum atomic E-state index is 12.8. The molecule has 0 radical (unpaired) electrons. The first-order chi connectivity index (χ1) is 12.6. The minimum Gasteiger partial charge on any atom is -0.354 e. The van der Waals surface area contributed by atoms with Crippen molar-refractivity contribution < 1.29 is 4.79 Å². The van der Waals surface area contributed by atoms with Crippen molar-refractivity contribution in [2.45, 2.75) is 13.8 Å². The first-order valence-corrected chi connectivity index (χ1v) is 8.79. The van der Waals surface area contributed by atoms with E-state index in [0.29, 0.717) is 18.7 Å². The van der Waals surface area contributed by atoms with E-state index in [2.05, 4.69) is 30.7 Å². The Bertz CT molecular complexity index is 920. The average Bonchev–Trinajstić information content (AvgIpc) is 3.30. The number of anilines is 1. The van der Waals surface area contributed by atoms with E-state index >= 15 is 0 Å². The predicted molar refractivity (Wildman–Crippen MR) is 99.7 cm³/mol. The van der Waals surface area contributed by atoms with Crippen molar-refractivity contribution in [2.24, 2.45) is 0 Å². The molecule has 0 bridgehead atoms. The standard InChI is InChI=1S/C19H22N6O/c1-14-13-17(22-21-14)25-8-4-6-18(25)23-9-11-24(12-10-23)19(26)16-5-3-7-20-15(16)2/h3-8,13H,9-12H2,1-2H3,(H,21,22). The van der Waals surface area contributed by atoms with E-state index in [0.717, 1.165) is 36.1 Å². The topological polar surface area (TPSA) is 70.1 Å². The number of nitrogens with zero attached hydrogens (tertiary/aromatic N) is 5. The molecular weight excluding hydrogens is 328 g/mol. The van der Waals surface area contributed by atoms with Gasteiger partial charge < -0.3 is 9.80 Å². The first kappa shape index (κ1) is 16.4. The summed E-state index contributed by atoms with van der Waals surface area (Å²) in [6.45, 7) is 6.83. The van der Waals surface area contributed by atoms with Crippen LogP contribution in [0.15, 0.2) is 42.7 Å². The predicted octanol–water partition coefficient (Wildman–Crippen LogP) is 2.17. The molecule has 0 aromatic carbocycles. The van der Waals surface area contributed by atoms with Gasteiger partial charge in [-0.3, -0.25) is 19.4 Å². The van der Waals surface area contributed by atoms with Crippen molar-refractivity contribution in [2.75, 3.05) is 31.1 Å². The first-order valence-electron chi connectivity index (χ1n) is 8.79. The molecule has 3 aromatic heterocycles. The number of aromatic nitrogens is 4. The third kappa shape index (κ3) is 2.96. The van der Waals surface area contributed by atoms with Crippen LogP contribution in [-0.4, -0.2) is 56.7 Å². The van der Waals surface area contributed by atoms with Crippen molar-refractivity contribution in [1.82, 2.24) is 24.6 Å². The van der Waals surface area contributed by atoms with Gasteiger partial charge in [-0.2, -0.15) is 5.10 Å². The Morgan fingerprint density at radius 1 is 1.12 bits per heavy atom. The highest BCUT2D eigenvalue weighted by Gasteiger charge is 2.25. The van der Waals surface area contributed by atoms with Crippen LogP contribution >= 0.6 is 0 Å². The van der Waals surface area contributed by atoms with Gasteiger partial charge in [0.05, 0.1) is 5.56 Å². The average molecular weight is 350 g/mol. The van der Waals surface area contributed by atoms with Gasteiger partial charge in [0.15, 0.2) is 5.82 Å². The van der Waals surface area contributed by atoms with Gasteiger partial charge in [0, 0.05) is 56.0 Å². The lowest BCUT2D eigenvalue weighted by Gasteiger charge is -2.36. The van der Waals surface area contributed by atoms with Crippen LogP contribution in [0.1, 0.15) is 21.7 Å². The molecule has 0 spiro atoms. The number of aryl methyl sites for hydroxylation is 2. The molecule has 0 aliphatic carbocycles. The summed E-state index contributed by atoms with van der Waals surface area (Å²) in [6, 6.07) is 9.80. The van der Waals surface area contributed by atoms with Gasteiger partial charge in [0.2, 0.25) is 0 Å². The molecule has 7 heteroatoms. The van der Waals surface area contributed by atoms with E-state index in [1.54, 1.807) is 6.20 Å². The van der Waals surface area contributed by atoms with E-state index in [1.807, 2.05) is 49.2 Å². The fraction of sp³-hybridized carbons (Fsp3) is 0.316. The minimum atomic E-state index is 0.0635. The molecule has 1 N–H and O–H groups in total. The normalized spacial score (nSPS) is 14.7. The largest absolute Gasteiger partial charge is 0.354 e. The summed E-state index contributed by atoms with van der Waals surface area (Å²) in [5, 5.41) is 7.33. The SMILES string of the molecule is Cc1cc(-n2cccc2N2CCN(C(=O)c3cccnc3C)CC2)n[nH]1. The maximum Gasteiger partial charge on any atom is 0.255 e. The molecule has 1 amide bonds. The van der Waals surface area contributed by atoms with Gasteiger partial charge in [-0.05, 0) is 38.1 Å². The Kier molecular flexibility index (Phi) is 4.20. The van der Waals surface area contributed by atoms with E-state index < -0.39 is 0 Å². The molecule has 134 valence electrons.